The van der Waals surface area contributed by atoms with E-state index >= 15 is 0 Å². The number of carbonyl (C=O) groups excluding carboxylic acids is 1. The van der Waals surface area contributed by atoms with Gasteiger partial charge in [0.25, 0.3) is 0 Å². The third kappa shape index (κ3) is 3.54. The molecule has 0 unspecified atom stereocenters. The smallest absolute Gasteiger partial charge is 0.249 e. The van der Waals surface area contributed by atoms with Gasteiger partial charge in [-0.2, -0.15) is 0 Å². The summed E-state index contributed by atoms with van der Waals surface area (Å²) in [5.74, 6) is 0.287. The van der Waals surface area contributed by atoms with Crippen LogP contribution in [0.25, 0.3) is 0 Å². The zero-order valence-electron chi connectivity index (χ0n) is 9.23. The van der Waals surface area contributed by atoms with E-state index in [-0.39, 0.29) is 11.0 Å². The van der Waals surface area contributed by atoms with Crippen LogP contribution in [0.5, 0.6) is 0 Å². The summed E-state index contributed by atoms with van der Waals surface area (Å²) in [4.78, 5) is 11.1. The van der Waals surface area contributed by atoms with Gasteiger partial charge < -0.3 is 5.32 Å². The van der Waals surface area contributed by atoms with Crippen molar-refractivity contribution >= 4 is 29.2 Å². The topological polar surface area (TPSA) is 84.7 Å². The first kappa shape index (κ1) is 12.5. The van der Waals surface area contributed by atoms with Crippen LogP contribution >= 0.6 is 12.2 Å². The number of tetrazole rings is 1. The molecule has 1 heterocycles. The van der Waals surface area contributed by atoms with E-state index in [0.29, 0.717) is 18.9 Å². The molecule has 0 radical (unpaired) electrons. The number of nitrogens with one attached hydrogen (secondary N) is 2. The summed E-state index contributed by atoms with van der Waals surface area (Å²) in [6.07, 6.45) is 1.29. The van der Waals surface area contributed by atoms with Gasteiger partial charge >= 0.3 is 0 Å². The summed E-state index contributed by atoms with van der Waals surface area (Å²) in [6.45, 7) is 4.46. The van der Waals surface area contributed by atoms with E-state index in [0.717, 1.165) is 6.42 Å². The van der Waals surface area contributed by atoms with E-state index in [4.69, 9.17) is 12.2 Å². The van der Waals surface area contributed by atoms with Crippen molar-refractivity contribution in [3.05, 3.63) is 0 Å². The fraction of sp³-hybridized carbons (Fsp3) is 0.625. The summed E-state index contributed by atoms with van der Waals surface area (Å²) in [7, 11) is 0. The largest absolute Gasteiger partial charge is 0.303 e. The molecular weight excluding hydrogens is 228 g/mol. The van der Waals surface area contributed by atoms with Crippen molar-refractivity contribution in [3.63, 3.8) is 0 Å². The molecular formula is C8H14N6OS. The van der Waals surface area contributed by atoms with Crippen molar-refractivity contribution in [1.29, 1.82) is 0 Å². The number of aryl methyl sites for hydroxylation is 1. The summed E-state index contributed by atoms with van der Waals surface area (Å²) in [6, 6.07) is 0. The number of carbonyl (C=O) groups is 1. The predicted molar refractivity (Wildman–Crippen MR) is 62.8 cm³/mol. The molecule has 1 rings (SSSR count). The van der Waals surface area contributed by atoms with E-state index in [9.17, 15) is 4.79 Å². The monoisotopic (exact) mass is 242 g/mol. The van der Waals surface area contributed by atoms with Crippen LogP contribution < -0.4 is 10.6 Å². The van der Waals surface area contributed by atoms with Crippen LogP contribution in [-0.2, 0) is 11.3 Å². The third-order valence-electron chi connectivity index (χ3n) is 1.77. The minimum absolute atomic E-state index is 0.146. The van der Waals surface area contributed by atoms with E-state index in [1.807, 2.05) is 6.92 Å². The van der Waals surface area contributed by atoms with Gasteiger partial charge in [0.15, 0.2) is 5.11 Å². The maximum Gasteiger partial charge on any atom is 0.249 e. The molecule has 0 aliphatic carbocycles. The zero-order chi connectivity index (χ0) is 12.0. The molecule has 0 aromatic carbocycles. The third-order valence-corrected chi connectivity index (χ3v) is 1.97. The van der Waals surface area contributed by atoms with Gasteiger partial charge in [0.05, 0.1) is 0 Å². The molecule has 16 heavy (non-hydrogen) atoms. The molecule has 1 aromatic heterocycles. The molecule has 88 valence electrons. The van der Waals surface area contributed by atoms with Crippen LogP contribution in [-0.4, -0.2) is 31.2 Å². The first-order valence-electron chi connectivity index (χ1n) is 5.04. The van der Waals surface area contributed by atoms with Gasteiger partial charge in [-0.05, 0) is 29.1 Å². The molecule has 0 atom stereocenters. The van der Waals surface area contributed by atoms with Crippen molar-refractivity contribution in [3.8, 4) is 0 Å². The Kier molecular flexibility index (Phi) is 4.77. The standard InChI is InChI=1S/C8H14N6OS/c1-3-5-14-7(11-12-13-14)10-8(16)9-6(15)4-2/h3-5H2,1-2H3,(H2,9,10,11,13,15,16). The van der Waals surface area contributed by atoms with Crippen molar-refractivity contribution in [1.82, 2.24) is 25.5 Å². The fourth-order valence-electron chi connectivity index (χ4n) is 1.00. The highest BCUT2D eigenvalue weighted by Gasteiger charge is 2.08. The second kappa shape index (κ2) is 6.11. The number of amides is 1. The van der Waals surface area contributed by atoms with E-state index in [2.05, 4.69) is 26.2 Å². The summed E-state index contributed by atoms with van der Waals surface area (Å²) in [5.41, 5.74) is 0. The van der Waals surface area contributed by atoms with Crippen molar-refractivity contribution in [2.24, 2.45) is 0 Å². The molecule has 8 heteroatoms. The molecule has 7 nitrogen and oxygen atoms in total. The Morgan fingerprint density at radius 3 is 2.88 bits per heavy atom. The van der Waals surface area contributed by atoms with Crippen molar-refractivity contribution in [2.45, 2.75) is 33.2 Å². The highest BCUT2D eigenvalue weighted by Crippen LogP contribution is 2.00. The van der Waals surface area contributed by atoms with E-state index in [1.54, 1.807) is 11.6 Å². The summed E-state index contributed by atoms with van der Waals surface area (Å²) < 4.78 is 1.59. The molecule has 0 aliphatic heterocycles. The number of thiocarbonyl (C=S) groups is 1. The van der Waals surface area contributed by atoms with Crippen LogP contribution in [0.3, 0.4) is 0 Å². The molecule has 0 fully saturated rings. The first-order chi connectivity index (χ1) is 7.67. The van der Waals surface area contributed by atoms with E-state index in [1.165, 1.54) is 0 Å². The molecule has 0 saturated carbocycles. The highest BCUT2D eigenvalue weighted by atomic mass is 32.1. The Morgan fingerprint density at radius 1 is 1.50 bits per heavy atom. The van der Waals surface area contributed by atoms with Crippen LogP contribution in [0.2, 0.25) is 0 Å². The van der Waals surface area contributed by atoms with Gasteiger partial charge in [0, 0.05) is 13.0 Å². The number of hydrogen-bond acceptors (Lipinski definition) is 5. The van der Waals surface area contributed by atoms with Gasteiger partial charge in [-0.25, -0.2) is 4.68 Å². The van der Waals surface area contributed by atoms with Crippen LogP contribution in [0, 0.1) is 0 Å². The normalized spacial score (nSPS) is 9.88. The maximum atomic E-state index is 11.1. The summed E-state index contributed by atoms with van der Waals surface area (Å²) in [5, 5.41) is 16.5. The Labute approximate surface area is 98.6 Å². The number of aromatic nitrogens is 4. The zero-order valence-corrected chi connectivity index (χ0v) is 10.0. The number of anilines is 1. The quantitative estimate of drug-likeness (QED) is 0.739. The maximum absolute atomic E-state index is 11.1. The highest BCUT2D eigenvalue weighted by molar-refractivity contribution is 7.80. The number of rotatable bonds is 4. The Morgan fingerprint density at radius 2 is 2.25 bits per heavy atom. The first-order valence-corrected chi connectivity index (χ1v) is 5.45. The second-order valence-electron chi connectivity index (χ2n) is 3.08. The van der Waals surface area contributed by atoms with Gasteiger partial charge in [0.2, 0.25) is 11.9 Å². The Balaban J connectivity index is 2.55. The number of hydrogen-bond donors (Lipinski definition) is 2. The SMILES string of the molecule is CCCn1nnnc1NC(=S)NC(=O)CC. The number of nitrogens with zero attached hydrogens (tertiary/aromatic N) is 4. The summed E-state index contributed by atoms with van der Waals surface area (Å²) >= 11 is 4.94. The molecule has 0 saturated heterocycles. The molecule has 2 N–H and O–H groups in total. The van der Waals surface area contributed by atoms with Gasteiger partial charge in [-0.3, -0.25) is 10.1 Å². The van der Waals surface area contributed by atoms with Crippen molar-refractivity contribution < 1.29 is 4.79 Å². The lowest BCUT2D eigenvalue weighted by Gasteiger charge is -2.07. The lowest BCUT2D eigenvalue weighted by molar-refractivity contribution is -0.119. The molecule has 1 aromatic rings. The molecule has 0 bridgehead atoms. The minimum Gasteiger partial charge on any atom is -0.303 e. The van der Waals surface area contributed by atoms with Gasteiger partial charge in [-0.15, -0.1) is 0 Å². The average Bonchev–Trinajstić information content (AvgIpc) is 2.66. The molecule has 0 aliphatic rings. The second-order valence-corrected chi connectivity index (χ2v) is 3.49. The minimum atomic E-state index is -0.146. The lowest BCUT2D eigenvalue weighted by Crippen LogP contribution is -2.34. The molecule has 0 spiro atoms. The van der Waals surface area contributed by atoms with Crippen molar-refractivity contribution in [2.75, 3.05) is 5.32 Å². The Bertz CT molecular complexity index is 376. The predicted octanol–water partition coefficient (Wildman–Crippen LogP) is 0.306. The van der Waals surface area contributed by atoms with Crippen LogP contribution in [0.4, 0.5) is 5.95 Å². The van der Waals surface area contributed by atoms with Gasteiger partial charge in [0.1, 0.15) is 0 Å². The van der Waals surface area contributed by atoms with Gasteiger partial charge in [-0.1, -0.05) is 18.9 Å². The van der Waals surface area contributed by atoms with Crippen LogP contribution in [0.1, 0.15) is 26.7 Å². The fourth-order valence-corrected chi connectivity index (χ4v) is 1.21. The van der Waals surface area contributed by atoms with Crippen LogP contribution in [0.15, 0.2) is 0 Å². The Hall–Kier alpha value is -1.57. The lowest BCUT2D eigenvalue weighted by atomic mass is 10.5. The average molecular weight is 242 g/mol. The van der Waals surface area contributed by atoms with E-state index < -0.39 is 0 Å². The molecule has 1 amide bonds.